The molecule has 2 rings (SSSR count). The zero-order chi connectivity index (χ0) is 11.8. The van der Waals surface area contributed by atoms with Gasteiger partial charge >= 0.3 is 0 Å². The summed E-state index contributed by atoms with van der Waals surface area (Å²) in [5, 5.41) is 0. The van der Waals surface area contributed by atoms with Crippen LogP contribution in [0.15, 0.2) is 23.1 Å². The third-order valence-electron chi connectivity index (χ3n) is 2.53. The normalized spacial score (nSPS) is 16.3. The molecule has 0 radical (unpaired) electrons. The van der Waals surface area contributed by atoms with Crippen LogP contribution in [-0.2, 0) is 10.0 Å². The van der Waals surface area contributed by atoms with E-state index in [1.165, 1.54) is 12.1 Å². The molecule has 1 aromatic carbocycles. The highest BCUT2D eigenvalue weighted by molar-refractivity contribution is 7.89. The summed E-state index contributed by atoms with van der Waals surface area (Å²) >= 11 is 0. The number of nitrogens with two attached hydrogens (primary N) is 1. The smallest absolute Gasteiger partial charge is 0.245 e. The molecule has 0 spiro atoms. The quantitative estimate of drug-likeness (QED) is 0.779. The summed E-state index contributed by atoms with van der Waals surface area (Å²) in [4.78, 5) is -0.448. The summed E-state index contributed by atoms with van der Waals surface area (Å²) in [6.45, 7) is 0.357. The maximum atomic E-state index is 13.4. The predicted molar refractivity (Wildman–Crippen MR) is 58.7 cm³/mol. The number of nitrogen functional groups attached to an aromatic ring is 1. The highest BCUT2D eigenvalue weighted by Crippen LogP contribution is 2.29. The monoisotopic (exact) mass is 244 g/mol. The maximum absolute atomic E-state index is 13.4. The molecule has 88 valence electrons. The van der Waals surface area contributed by atoms with Crippen LogP contribution in [0.2, 0.25) is 0 Å². The Morgan fingerprint density at radius 2 is 2.12 bits per heavy atom. The first-order chi connectivity index (χ1) is 7.50. The van der Waals surface area contributed by atoms with Crippen LogP contribution in [0.1, 0.15) is 12.8 Å². The van der Waals surface area contributed by atoms with Gasteiger partial charge in [-0.2, -0.15) is 0 Å². The molecule has 1 fully saturated rings. The Morgan fingerprint density at radius 1 is 1.44 bits per heavy atom. The van der Waals surface area contributed by atoms with Crippen molar-refractivity contribution in [3.63, 3.8) is 0 Å². The summed E-state index contributed by atoms with van der Waals surface area (Å²) in [5.41, 5.74) is 5.40. The van der Waals surface area contributed by atoms with Crippen molar-refractivity contribution in [2.45, 2.75) is 17.7 Å². The van der Waals surface area contributed by atoms with Gasteiger partial charge in [0.05, 0.1) is 5.69 Å². The van der Waals surface area contributed by atoms with Crippen molar-refractivity contribution in [2.75, 3.05) is 12.3 Å². The molecular formula is C10H13FN2O2S. The van der Waals surface area contributed by atoms with Gasteiger partial charge in [0.15, 0.2) is 0 Å². The molecule has 0 atom stereocenters. The standard InChI is InChI=1S/C10H13FN2O2S/c11-8-2-1-3-9(12)10(8)16(14,15)13-6-7-4-5-7/h1-3,7,13H,4-6,12H2. The molecule has 0 heterocycles. The van der Waals surface area contributed by atoms with Crippen molar-refractivity contribution >= 4 is 15.7 Å². The van der Waals surface area contributed by atoms with Crippen molar-refractivity contribution in [3.05, 3.63) is 24.0 Å². The van der Waals surface area contributed by atoms with Gasteiger partial charge < -0.3 is 5.73 Å². The molecule has 0 unspecified atom stereocenters. The first-order valence-electron chi connectivity index (χ1n) is 5.04. The summed E-state index contributed by atoms with van der Waals surface area (Å²) in [7, 11) is -3.83. The molecule has 0 aliphatic heterocycles. The molecule has 1 saturated carbocycles. The van der Waals surface area contributed by atoms with Crippen LogP contribution >= 0.6 is 0 Å². The van der Waals surface area contributed by atoms with Crippen LogP contribution in [0.4, 0.5) is 10.1 Å². The highest BCUT2D eigenvalue weighted by Gasteiger charge is 2.26. The van der Waals surface area contributed by atoms with Gasteiger partial charge in [0.2, 0.25) is 10.0 Å². The van der Waals surface area contributed by atoms with Crippen LogP contribution in [0, 0.1) is 11.7 Å². The Hall–Kier alpha value is -1.14. The lowest BCUT2D eigenvalue weighted by Gasteiger charge is -2.09. The van der Waals surface area contributed by atoms with E-state index in [2.05, 4.69) is 4.72 Å². The van der Waals surface area contributed by atoms with E-state index < -0.39 is 20.7 Å². The third-order valence-corrected chi connectivity index (χ3v) is 4.04. The minimum absolute atomic E-state index is 0.0664. The molecule has 3 N–H and O–H groups in total. The first-order valence-corrected chi connectivity index (χ1v) is 6.52. The van der Waals surface area contributed by atoms with Crippen LogP contribution in [-0.4, -0.2) is 15.0 Å². The number of benzene rings is 1. The fourth-order valence-corrected chi connectivity index (χ4v) is 2.73. The third kappa shape index (κ3) is 2.33. The Labute approximate surface area is 93.7 Å². The highest BCUT2D eigenvalue weighted by atomic mass is 32.2. The van der Waals surface area contributed by atoms with Gasteiger partial charge in [-0.1, -0.05) is 6.07 Å². The van der Waals surface area contributed by atoms with Crippen LogP contribution < -0.4 is 10.5 Å². The van der Waals surface area contributed by atoms with E-state index in [4.69, 9.17) is 5.73 Å². The predicted octanol–water partition coefficient (Wildman–Crippen LogP) is 1.10. The van der Waals surface area contributed by atoms with Crippen molar-refractivity contribution in [1.82, 2.24) is 4.72 Å². The Balaban J connectivity index is 2.26. The van der Waals surface area contributed by atoms with Gasteiger partial charge in [0, 0.05) is 6.54 Å². The molecule has 0 amide bonds. The summed E-state index contributed by atoms with van der Waals surface area (Å²) in [6, 6.07) is 3.83. The second-order valence-corrected chi connectivity index (χ2v) is 5.66. The molecule has 0 saturated heterocycles. The van der Waals surface area contributed by atoms with E-state index in [0.29, 0.717) is 12.5 Å². The zero-order valence-corrected chi connectivity index (χ0v) is 9.43. The molecule has 16 heavy (non-hydrogen) atoms. The molecule has 0 aromatic heterocycles. The lowest BCUT2D eigenvalue weighted by molar-refractivity contribution is 0.555. The largest absolute Gasteiger partial charge is 0.398 e. The van der Waals surface area contributed by atoms with E-state index in [9.17, 15) is 12.8 Å². The number of hydrogen-bond acceptors (Lipinski definition) is 3. The topological polar surface area (TPSA) is 72.2 Å². The zero-order valence-electron chi connectivity index (χ0n) is 8.61. The van der Waals surface area contributed by atoms with Crippen molar-refractivity contribution in [1.29, 1.82) is 0 Å². The summed E-state index contributed by atoms with van der Waals surface area (Å²) in [6.07, 6.45) is 2.05. The fraction of sp³-hybridized carbons (Fsp3) is 0.400. The van der Waals surface area contributed by atoms with Crippen LogP contribution in [0.5, 0.6) is 0 Å². The number of anilines is 1. The van der Waals surface area contributed by atoms with E-state index in [-0.39, 0.29) is 5.69 Å². The molecule has 1 aromatic rings. The van der Waals surface area contributed by atoms with Crippen LogP contribution in [0.3, 0.4) is 0 Å². The minimum Gasteiger partial charge on any atom is -0.398 e. The molecule has 6 heteroatoms. The lowest BCUT2D eigenvalue weighted by Crippen LogP contribution is -2.27. The Morgan fingerprint density at radius 3 is 2.69 bits per heavy atom. The average Bonchev–Trinajstić information content (AvgIpc) is 2.97. The van der Waals surface area contributed by atoms with Crippen molar-refractivity contribution in [2.24, 2.45) is 5.92 Å². The van der Waals surface area contributed by atoms with Gasteiger partial charge in [-0.3, -0.25) is 0 Å². The van der Waals surface area contributed by atoms with Gasteiger partial charge in [-0.15, -0.1) is 0 Å². The SMILES string of the molecule is Nc1cccc(F)c1S(=O)(=O)NCC1CC1. The molecular weight excluding hydrogens is 231 g/mol. The maximum Gasteiger partial charge on any atom is 0.245 e. The van der Waals surface area contributed by atoms with E-state index in [1.54, 1.807) is 0 Å². The average molecular weight is 244 g/mol. The number of nitrogens with one attached hydrogen (secondary N) is 1. The second-order valence-electron chi connectivity index (χ2n) is 3.95. The number of hydrogen-bond donors (Lipinski definition) is 2. The van der Waals surface area contributed by atoms with Crippen molar-refractivity contribution in [3.8, 4) is 0 Å². The van der Waals surface area contributed by atoms with Gasteiger partial charge in [-0.05, 0) is 30.9 Å². The molecule has 4 nitrogen and oxygen atoms in total. The van der Waals surface area contributed by atoms with E-state index in [0.717, 1.165) is 18.9 Å². The summed E-state index contributed by atoms with van der Waals surface area (Å²) < 4.78 is 39.3. The Bertz CT molecular complexity index is 477. The van der Waals surface area contributed by atoms with E-state index in [1.807, 2.05) is 0 Å². The fourth-order valence-electron chi connectivity index (χ4n) is 1.43. The molecule has 0 bridgehead atoms. The van der Waals surface area contributed by atoms with Gasteiger partial charge in [0.1, 0.15) is 10.7 Å². The summed E-state index contributed by atoms with van der Waals surface area (Å²) in [5.74, 6) is -0.425. The number of sulfonamides is 1. The number of rotatable bonds is 4. The van der Waals surface area contributed by atoms with E-state index >= 15 is 0 Å². The molecule has 1 aliphatic carbocycles. The number of halogens is 1. The minimum atomic E-state index is -3.83. The van der Waals surface area contributed by atoms with Crippen molar-refractivity contribution < 1.29 is 12.8 Å². The van der Waals surface area contributed by atoms with Crippen LogP contribution in [0.25, 0.3) is 0 Å². The first kappa shape index (κ1) is 11.3. The second kappa shape index (κ2) is 4.03. The molecule has 1 aliphatic rings. The van der Waals surface area contributed by atoms with Gasteiger partial charge in [-0.25, -0.2) is 17.5 Å². The lowest BCUT2D eigenvalue weighted by atomic mass is 10.3. The Kier molecular flexibility index (Phi) is 2.86. The van der Waals surface area contributed by atoms with Gasteiger partial charge in [0.25, 0.3) is 0 Å².